The summed E-state index contributed by atoms with van der Waals surface area (Å²) in [7, 11) is 0. The zero-order chi connectivity index (χ0) is 13.4. The molecule has 0 atom stereocenters. The molecule has 0 fully saturated rings. The van der Waals surface area contributed by atoms with E-state index < -0.39 is 0 Å². The Morgan fingerprint density at radius 3 is 2.67 bits per heavy atom. The van der Waals surface area contributed by atoms with Crippen LogP contribution in [0.2, 0.25) is 0 Å². The van der Waals surface area contributed by atoms with Gasteiger partial charge in [0.25, 0.3) is 5.91 Å². The van der Waals surface area contributed by atoms with E-state index in [9.17, 15) is 4.79 Å². The topological polar surface area (TPSA) is 54.0 Å². The number of rotatable bonds is 7. The number of hydrogen-bond acceptors (Lipinski definition) is 3. The van der Waals surface area contributed by atoms with E-state index in [-0.39, 0.29) is 5.91 Å². The third-order valence-electron chi connectivity index (χ3n) is 2.58. The molecule has 1 rings (SSSR count). The van der Waals surface area contributed by atoms with Crippen molar-refractivity contribution in [3.8, 4) is 0 Å². The number of anilines is 1. The summed E-state index contributed by atoms with van der Waals surface area (Å²) >= 11 is 0. The lowest BCUT2D eigenvalue weighted by atomic mass is 10.1. The first-order valence-corrected chi connectivity index (χ1v) is 6.61. The van der Waals surface area contributed by atoms with Crippen LogP contribution in [0, 0.1) is 5.92 Å². The molecule has 100 valence electrons. The van der Waals surface area contributed by atoms with Crippen molar-refractivity contribution in [2.45, 2.75) is 33.6 Å². The van der Waals surface area contributed by atoms with Gasteiger partial charge in [-0.25, -0.2) is 4.98 Å². The molecule has 0 aromatic carbocycles. The first-order valence-electron chi connectivity index (χ1n) is 6.61. The maximum Gasteiger partial charge on any atom is 0.269 e. The number of aromatic nitrogens is 1. The SMILES string of the molecule is CCCNC(=O)c1ccc(NCCC(C)C)cn1. The van der Waals surface area contributed by atoms with Gasteiger partial charge in [0.15, 0.2) is 0 Å². The summed E-state index contributed by atoms with van der Waals surface area (Å²) in [6.07, 6.45) is 3.76. The van der Waals surface area contributed by atoms with E-state index >= 15 is 0 Å². The van der Waals surface area contributed by atoms with Crippen LogP contribution < -0.4 is 10.6 Å². The second kappa shape index (κ2) is 7.69. The fourth-order valence-corrected chi connectivity index (χ4v) is 1.47. The van der Waals surface area contributed by atoms with Crippen LogP contribution in [-0.4, -0.2) is 24.0 Å². The Bertz CT molecular complexity index is 360. The Labute approximate surface area is 109 Å². The van der Waals surface area contributed by atoms with Crippen LogP contribution in [-0.2, 0) is 0 Å². The minimum Gasteiger partial charge on any atom is -0.384 e. The van der Waals surface area contributed by atoms with E-state index in [0.29, 0.717) is 18.2 Å². The second-order valence-corrected chi connectivity index (χ2v) is 4.80. The number of hydrogen-bond donors (Lipinski definition) is 2. The molecule has 0 bridgehead atoms. The number of carbonyl (C=O) groups excluding carboxylic acids is 1. The summed E-state index contributed by atoms with van der Waals surface area (Å²) in [6, 6.07) is 3.65. The highest BCUT2D eigenvalue weighted by Gasteiger charge is 2.05. The van der Waals surface area contributed by atoms with Gasteiger partial charge in [-0.3, -0.25) is 4.79 Å². The fourth-order valence-electron chi connectivity index (χ4n) is 1.47. The molecular formula is C14H23N3O. The third-order valence-corrected chi connectivity index (χ3v) is 2.58. The molecule has 18 heavy (non-hydrogen) atoms. The van der Waals surface area contributed by atoms with Crippen LogP contribution in [0.4, 0.5) is 5.69 Å². The molecule has 2 N–H and O–H groups in total. The molecule has 0 aliphatic heterocycles. The number of carbonyl (C=O) groups is 1. The summed E-state index contributed by atoms with van der Waals surface area (Å²) < 4.78 is 0. The highest BCUT2D eigenvalue weighted by molar-refractivity contribution is 5.92. The predicted octanol–water partition coefficient (Wildman–Crippen LogP) is 2.68. The number of nitrogens with one attached hydrogen (secondary N) is 2. The third kappa shape index (κ3) is 5.17. The molecule has 0 spiro atoms. The molecule has 0 aliphatic carbocycles. The minimum absolute atomic E-state index is 0.106. The van der Waals surface area contributed by atoms with Gasteiger partial charge in [0, 0.05) is 13.1 Å². The second-order valence-electron chi connectivity index (χ2n) is 4.80. The average molecular weight is 249 g/mol. The van der Waals surface area contributed by atoms with Crippen molar-refractivity contribution in [3.05, 3.63) is 24.0 Å². The molecule has 1 aromatic rings. The van der Waals surface area contributed by atoms with Crippen molar-refractivity contribution in [1.82, 2.24) is 10.3 Å². The van der Waals surface area contributed by atoms with Crippen molar-refractivity contribution in [1.29, 1.82) is 0 Å². The number of amides is 1. The van der Waals surface area contributed by atoms with Gasteiger partial charge in [-0.1, -0.05) is 20.8 Å². The van der Waals surface area contributed by atoms with Crippen LogP contribution in [0.1, 0.15) is 44.1 Å². The van der Waals surface area contributed by atoms with Crippen LogP contribution >= 0.6 is 0 Å². The van der Waals surface area contributed by atoms with Gasteiger partial charge in [-0.05, 0) is 30.9 Å². The molecule has 1 aromatic heterocycles. The lowest BCUT2D eigenvalue weighted by Crippen LogP contribution is -2.24. The van der Waals surface area contributed by atoms with E-state index in [2.05, 4.69) is 29.5 Å². The van der Waals surface area contributed by atoms with Gasteiger partial charge in [0.05, 0.1) is 11.9 Å². The summed E-state index contributed by atoms with van der Waals surface area (Å²) in [6.45, 7) is 8.03. The van der Waals surface area contributed by atoms with Crippen molar-refractivity contribution in [2.75, 3.05) is 18.4 Å². The molecule has 4 nitrogen and oxygen atoms in total. The van der Waals surface area contributed by atoms with Crippen LogP contribution in [0.25, 0.3) is 0 Å². The Morgan fingerprint density at radius 1 is 1.33 bits per heavy atom. The Kier molecular flexibility index (Phi) is 6.19. The van der Waals surface area contributed by atoms with E-state index in [1.165, 1.54) is 0 Å². The van der Waals surface area contributed by atoms with Gasteiger partial charge in [0.1, 0.15) is 5.69 Å². The molecular weight excluding hydrogens is 226 g/mol. The van der Waals surface area contributed by atoms with E-state index in [4.69, 9.17) is 0 Å². The van der Waals surface area contributed by atoms with Gasteiger partial charge in [-0.2, -0.15) is 0 Å². The zero-order valence-corrected chi connectivity index (χ0v) is 11.5. The molecule has 0 saturated heterocycles. The summed E-state index contributed by atoms with van der Waals surface area (Å²) in [5.41, 5.74) is 1.43. The maximum atomic E-state index is 11.6. The highest BCUT2D eigenvalue weighted by atomic mass is 16.1. The molecule has 0 unspecified atom stereocenters. The number of nitrogens with zero attached hydrogens (tertiary/aromatic N) is 1. The largest absolute Gasteiger partial charge is 0.384 e. The summed E-state index contributed by atoms with van der Waals surface area (Å²) in [4.78, 5) is 15.8. The first kappa shape index (κ1) is 14.5. The lowest BCUT2D eigenvalue weighted by molar-refractivity contribution is 0.0949. The molecule has 1 heterocycles. The Hall–Kier alpha value is -1.58. The monoisotopic (exact) mass is 249 g/mol. The van der Waals surface area contributed by atoms with E-state index in [1.807, 2.05) is 13.0 Å². The summed E-state index contributed by atoms with van der Waals surface area (Å²) in [5.74, 6) is 0.579. The lowest BCUT2D eigenvalue weighted by Gasteiger charge is -2.08. The predicted molar refractivity (Wildman–Crippen MR) is 74.8 cm³/mol. The van der Waals surface area contributed by atoms with E-state index in [1.54, 1.807) is 12.3 Å². The average Bonchev–Trinajstić information content (AvgIpc) is 2.36. The highest BCUT2D eigenvalue weighted by Crippen LogP contribution is 2.07. The van der Waals surface area contributed by atoms with Crippen molar-refractivity contribution >= 4 is 11.6 Å². The first-order chi connectivity index (χ1) is 8.63. The molecule has 1 amide bonds. The van der Waals surface area contributed by atoms with Gasteiger partial charge in [0.2, 0.25) is 0 Å². The standard InChI is InChI=1S/C14H23N3O/c1-4-8-16-14(18)13-6-5-12(10-17-13)15-9-7-11(2)3/h5-6,10-11,15H,4,7-9H2,1-3H3,(H,16,18). The molecule has 0 aliphatic rings. The molecule has 0 radical (unpaired) electrons. The maximum absolute atomic E-state index is 11.6. The Balaban J connectivity index is 2.44. The quantitative estimate of drug-likeness (QED) is 0.781. The van der Waals surface area contributed by atoms with Crippen LogP contribution in [0.3, 0.4) is 0 Å². The van der Waals surface area contributed by atoms with E-state index in [0.717, 1.165) is 25.1 Å². The zero-order valence-electron chi connectivity index (χ0n) is 11.5. The minimum atomic E-state index is -0.106. The van der Waals surface area contributed by atoms with Gasteiger partial charge >= 0.3 is 0 Å². The fraction of sp³-hybridized carbons (Fsp3) is 0.571. The summed E-state index contributed by atoms with van der Waals surface area (Å²) in [5, 5.41) is 6.10. The van der Waals surface area contributed by atoms with Gasteiger partial charge < -0.3 is 10.6 Å². The van der Waals surface area contributed by atoms with Gasteiger partial charge in [-0.15, -0.1) is 0 Å². The van der Waals surface area contributed by atoms with Crippen molar-refractivity contribution in [3.63, 3.8) is 0 Å². The molecule has 0 saturated carbocycles. The van der Waals surface area contributed by atoms with Crippen LogP contribution in [0.15, 0.2) is 18.3 Å². The molecule has 4 heteroatoms. The van der Waals surface area contributed by atoms with Crippen LogP contribution in [0.5, 0.6) is 0 Å². The Morgan fingerprint density at radius 2 is 2.11 bits per heavy atom. The number of pyridine rings is 1. The normalized spacial score (nSPS) is 10.4. The van der Waals surface area contributed by atoms with Crippen molar-refractivity contribution in [2.24, 2.45) is 5.92 Å². The smallest absolute Gasteiger partial charge is 0.269 e. The van der Waals surface area contributed by atoms with Crippen molar-refractivity contribution < 1.29 is 4.79 Å².